The maximum absolute atomic E-state index is 13.4. The van der Waals surface area contributed by atoms with Crippen LogP contribution in [-0.2, 0) is 6.54 Å². The van der Waals surface area contributed by atoms with Crippen LogP contribution < -0.4 is 16.4 Å². The Morgan fingerprint density at radius 2 is 1.93 bits per heavy atom. The van der Waals surface area contributed by atoms with Crippen LogP contribution >= 0.6 is 11.6 Å². The number of hydrogen-bond acceptors (Lipinski definition) is 6. The highest BCUT2D eigenvalue weighted by Crippen LogP contribution is 2.28. The van der Waals surface area contributed by atoms with E-state index in [2.05, 4.69) is 25.6 Å². The summed E-state index contributed by atoms with van der Waals surface area (Å²) >= 11 is 6.38. The lowest BCUT2D eigenvalue weighted by atomic mass is 9.92. The van der Waals surface area contributed by atoms with Crippen molar-refractivity contribution in [3.63, 3.8) is 0 Å². The third kappa shape index (κ3) is 5.23. The van der Waals surface area contributed by atoms with Crippen molar-refractivity contribution in [3.8, 4) is 11.3 Å². The molecule has 0 spiro atoms. The average molecular weight is 427 g/mol. The Labute approximate surface area is 180 Å². The predicted molar refractivity (Wildman–Crippen MR) is 118 cm³/mol. The average Bonchev–Trinajstić information content (AvgIpc) is 2.75. The molecule has 30 heavy (non-hydrogen) atoms. The van der Waals surface area contributed by atoms with E-state index in [1.54, 1.807) is 18.5 Å². The molecule has 2 aromatic heterocycles. The number of pyridine rings is 1. The van der Waals surface area contributed by atoms with Crippen LogP contribution in [0.25, 0.3) is 11.3 Å². The van der Waals surface area contributed by atoms with Crippen molar-refractivity contribution in [2.24, 2.45) is 5.73 Å². The number of nitrogens with two attached hydrogens (primary N) is 1. The molecule has 8 heteroatoms. The molecule has 6 nitrogen and oxygen atoms in total. The molecular weight excluding hydrogens is 403 g/mol. The van der Waals surface area contributed by atoms with Crippen molar-refractivity contribution >= 4 is 23.4 Å². The van der Waals surface area contributed by atoms with Gasteiger partial charge in [-0.25, -0.2) is 19.3 Å². The van der Waals surface area contributed by atoms with Gasteiger partial charge in [-0.2, -0.15) is 0 Å². The molecule has 0 atom stereocenters. The number of nitrogens with one attached hydrogen (secondary N) is 2. The number of hydrogen-bond donors (Lipinski definition) is 3. The first-order valence-electron chi connectivity index (χ1n) is 10.1. The molecule has 0 aliphatic heterocycles. The predicted octanol–water partition coefficient (Wildman–Crippen LogP) is 4.63. The molecule has 1 aliphatic rings. The van der Waals surface area contributed by atoms with Crippen LogP contribution in [0.2, 0.25) is 5.02 Å². The fourth-order valence-corrected chi connectivity index (χ4v) is 3.80. The fourth-order valence-electron chi connectivity index (χ4n) is 3.60. The summed E-state index contributed by atoms with van der Waals surface area (Å²) in [5.74, 6) is 0.951. The molecule has 2 heterocycles. The van der Waals surface area contributed by atoms with Gasteiger partial charge in [0, 0.05) is 30.4 Å². The second-order valence-electron chi connectivity index (χ2n) is 7.56. The van der Waals surface area contributed by atoms with Crippen LogP contribution in [0.1, 0.15) is 31.2 Å². The van der Waals surface area contributed by atoms with E-state index in [1.165, 1.54) is 12.1 Å². The third-order valence-electron chi connectivity index (χ3n) is 5.25. The minimum absolute atomic E-state index is 0.260. The summed E-state index contributed by atoms with van der Waals surface area (Å²) < 4.78 is 13.4. The molecule has 0 saturated heterocycles. The van der Waals surface area contributed by atoms with Gasteiger partial charge in [0.2, 0.25) is 5.95 Å². The molecular formula is C22H24ClFN6. The summed E-state index contributed by atoms with van der Waals surface area (Å²) in [5.41, 5.74) is 8.28. The normalized spacial score (nSPS) is 18.8. The Morgan fingerprint density at radius 1 is 1.10 bits per heavy atom. The zero-order chi connectivity index (χ0) is 20.9. The first-order valence-corrected chi connectivity index (χ1v) is 10.4. The van der Waals surface area contributed by atoms with Gasteiger partial charge in [0.1, 0.15) is 11.6 Å². The van der Waals surface area contributed by atoms with E-state index < -0.39 is 0 Å². The molecule has 4 rings (SSSR count). The minimum Gasteiger partial charge on any atom is -0.366 e. The lowest BCUT2D eigenvalue weighted by Gasteiger charge is -2.26. The van der Waals surface area contributed by atoms with Gasteiger partial charge in [-0.05, 0) is 55.5 Å². The highest BCUT2D eigenvalue weighted by Gasteiger charge is 2.19. The summed E-state index contributed by atoms with van der Waals surface area (Å²) in [7, 11) is 0. The highest BCUT2D eigenvalue weighted by molar-refractivity contribution is 6.32. The van der Waals surface area contributed by atoms with Crippen molar-refractivity contribution < 1.29 is 4.39 Å². The summed E-state index contributed by atoms with van der Waals surface area (Å²) in [6.07, 6.45) is 7.32. The molecule has 0 unspecified atom stereocenters. The first kappa shape index (κ1) is 20.5. The minimum atomic E-state index is -0.260. The van der Waals surface area contributed by atoms with E-state index in [0.29, 0.717) is 41.1 Å². The Morgan fingerprint density at radius 3 is 2.73 bits per heavy atom. The second kappa shape index (κ2) is 9.36. The van der Waals surface area contributed by atoms with E-state index in [-0.39, 0.29) is 5.82 Å². The van der Waals surface area contributed by atoms with Gasteiger partial charge in [-0.1, -0.05) is 23.7 Å². The quantitative estimate of drug-likeness (QED) is 0.532. The van der Waals surface area contributed by atoms with E-state index in [0.717, 1.165) is 36.8 Å². The summed E-state index contributed by atoms with van der Waals surface area (Å²) in [5, 5.41) is 7.08. The number of halogens is 2. The molecule has 1 fully saturated rings. The van der Waals surface area contributed by atoms with Crippen molar-refractivity contribution in [2.45, 2.75) is 44.3 Å². The second-order valence-corrected chi connectivity index (χ2v) is 7.97. The standard InChI is InChI=1S/C22H24ClFN6/c23-19-13-28-22(29-18-6-4-17(25)5-7-18)30-21(19)15-8-9-26-20(11-15)27-12-14-2-1-3-16(24)10-14/h1-3,8-11,13,17-18H,4-7,12,25H2,(H,26,27)(H,28,29,30). The fraction of sp³-hybridized carbons (Fsp3) is 0.318. The monoisotopic (exact) mass is 426 g/mol. The van der Waals surface area contributed by atoms with E-state index in [9.17, 15) is 4.39 Å². The molecule has 1 aliphatic carbocycles. The topological polar surface area (TPSA) is 88.8 Å². The van der Waals surface area contributed by atoms with Gasteiger partial charge in [0.15, 0.2) is 0 Å². The van der Waals surface area contributed by atoms with E-state index >= 15 is 0 Å². The molecule has 1 aromatic carbocycles. The van der Waals surface area contributed by atoms with Gasteiger partial charge in [-0.15, -0.1) is 0 Å². The molecule has 156 valence electrons. The van der Waals surface area contributed by atoms with Crippen LogP contribution in [0.5, 0.6) is 0 Å². The number of rotatable bonds is 6. The van der Waals surface area contributed by atoms with Crippen LogP contribution in [-0.4, -0.2) is 27.0 Å². The number of anilines is 2. The van der Waals surface area contributed by atoms with Crippen LogP contribution in [0.3, 0.4) is 0 Å². The number of nitrogens with zero attached hydrogens (tertiary/aromatic N) is 3. The lowest BCUT2D eigenvalue weighted by molar-refractivity contribution is 0.410. The molecule has 0 bridgehead atoms. The Bertz CT molecular complexity index is 1010. The van der Waals surface area contributed by atoms with Gasteiger partial charge < -0.3 is 16.4 Å². The maximum atomic E-state index is 13.4. The maximum Gasteiger partial charge on any atom is 0.223 e. The van der Waals surface area contributed by atoms with Gasteiger partial charge >= 0.3 is 0 Å². The van der Waals surface area contributed by atoms with Gasteiger partial charge in [0.05, 0.1) is 16.9 Å². The largest absolute Gasteiger partial charge is 0.366 e. The van der Waals surface area contributed by atoms with Crippen molar-refractivity contribution in [2.75, 3.05) is 10.6 Å². The lowest BCUT2D eigenvalue weighted by Crippen LogP contribution is -2.33. The van der Waals surface area contributed by atoms with Gasteiger partial charge in [0.25, 0.3) is 0 Å². The van der Waals surface area contributed by atoms with Gasteiger partial charge in [-0.3, -0.25) is 0 Å². The highest BCUT2D eigenvalue weighted by atomic mass is 35.5. The van der Waals surface area contributed by atoms with E-state index in [1.807, 2.05) is 18.2 Å². The molecule has 4 N–H and O–H groups in total. The molecule has 1 saturated carbocycles. The molecule has 0 amide bonds. The van der Waals surface area contributed by atoms with Crippen molar-refractivity contribution in [1.29, 1.82) is 0 Å². The first-order chi connectivity index (χ1) is 14.6. The van der Waals surface area contributed by atoms with Crippen LogP contribution in [0.4, 0.5) is 16.2 Å². The van der Waals surface area contributed by atoms with Crippen molar-refractivity contribution in [1.82, 2.24) is 15.0 Å². The summed E-state index contributed by atoms with van der Waals surface area (Å²) in [6, 6.07) is 10.8. The Hall–Kier alpha value is -2.77. The van der Waals surface area contributed by atoms with Crippen LogP contribution in [0.15, 0.2) is 48.8 Å². The summed E-state index contributed by atoms with van der Waals surface area (Å²) in [6.45, 7) is 0.461. The Kier molecular flexibility index (Phi) is 6.40. The van der Waals surface area contributed by atoms with Crippen molar-refractivity contribution in [3.05, 3.63) is 65.2 Å². The number of aromatic nitrogens is 3. The van der Waals surface area contributed by atoms with Crippen LogP contribution in [0, 0.1) is 5.82 Å². The third-order valence-corrected chi connectivity index (χ3v) is 5.52. The zero-order valence-corrected chi connectivity index (χ0v) is 17.2. The van der Waals surface area contributed by atoms with E-state index in [4.69, 9.17) is 17.3 Å². The smallest absolute Gasteiger partial charge is 0.223 e. The molecule has 0 radical (unpaired) electrons. The summed E-state index contributed by atoms with van der Waals surface area (Å²) in [4.78, 5) is 13.3. The zero-order valence-electron chi connectivity index (χ0n) is 16.5. The SMILES string of the molecule is NC1CCC(Nc2ncc(Cl)c(-c3ccnc(NCc4cccc(F)c4)c3)n2)CC1. The molecule has 3 aromatic rings. The number of benzene rings is 1. The Balaban J connectivity index is 1.48.